The van der Waals surface area contributed by atoms with Crippen molar-refractivity contribution in [2.45, 2.75) is 33.0 Å². The first-order chi connectivity index (χ1) is 8.91. The van der Waals surface area contributed by atoms with Gasteiger partial charge in [0.05, 0.1) is 21.1 Å². The number of morpholine rings is 1. The summed E-state index contributed by atoms with van der Waals surface area (Å²) in [4.78, 5) is 2.35. The molecule has 2 nitrogen and oxygen atoms in total. The van der Waals surface area contributed by atoms with Crippen LogP contribution in [0.5, 0.6) is 0 Å². The Hall–Kier alpha value is -0.955. The highest BCUT2D eigenvalue weighted by Crippen LogP contribution is 2.28. The Morgan fingerprint density at radius 3 is 2.00 bits per heavy atom. The van der Waals surface area contributed by atoms with Crippen LogP contribution >= 0.6 is 0 Å². The Balaban J connectivity index is 0.000000224. The monoisotopic (exact) mass is 259 g/mol. The number of anilines is 1. The molecule has 1 heterocycles. The highest BCUT2D eigenvalue weighted by Gasteiger charge is 2.13. The minimum Gasteiger partial charge on any atom is -0.378 e. The Morgan fingerprint density at radius 1 is 1.11 bits per heavy atom. The van der Waals surface area contributed by atoms with Crippen LogP contribution in [0.25, 0.3) is 0 Å². The van der Waals surface area contributed by atoms with Gasteiger partial charge < -0.3 is 9.64 Å². The Bertz CT molecular complexity index is 340. The number of para-hydroxylation sites is 1. The Morgan fingerprint density at radius 2 is 1.58 bits per heavy atom. The first kappa shape index (κ1) is 16.1. The molecule has 1 aliphatic rings. The summed E-state index contributed by atoms with van der Waals surface area (Å²) < 4.78 is 5.28. The van der Waals surface area contributed by atoms with Gasteiger partial charge in [-0.1, -0.05) is 51.2 Å². The summed E-state index contributed by atoms with van der Waals surface area (Å²) in [6.45, 7) is 12.1. The lowest BCUT2D eigenvalue weighted by molar-refractivity contribution is 0.122. The van der Waals surface area contributed by atoms with Crippen molar-refractivity contribution >= 4 is 13.5 Å². The van der Waals surface area contributed by atoms with Gasteiger partial charge in [0, 0.05) is 18.8 Å². The zero-order valence-electron chi connectivity index (χ0n) is 12.7. The topological polar surface area (TPSA) is 12.5 Å². The van der Waals surface area contributed by atoms with E-state index in [-0.39, 0.29) is 5.31 Å². The molecule has 0 aliphatic carbocycles. The van der Waals surface area contributed by atoms with Crippen LogP contribution in [0.3, 0.4) is 0 Å². The summed E-state index contributed by atoms with van der Waals surface area (Å²) in [6, 6.07) is 10.5. The van der Waals surface area contributed by atoms with Crippen molar-refractivity contribution in [3.8, 4) is 0 Å². The largest absolute Gasteiger partial charge is 0.378 e. The standard InChI is InChI=1S/C10H13NO.C6H13B/c1-2-4-10(5-3-1)11-6-8-12-9-7-11;1-5(2)6(3,4)7/h1-5H,6-9H2;5H,1-4H3. The normalized spacial score (nSPS) is 15.9. The van der Waals surface area contributed by atoms with E-state index in [2.05, 4.69) is 43.0 Å². The van der Waals surface area contributed by atoms with Crippen LogP contribution in [0.4, 0.5) is 5.69 Å². The van der Waals surface area contributed by atoms with Crippen LogP contribution in [0.1, 0.15) is 27.7 Å². The van der Waals surface area contributed by atoms with E-state index >= 15 is 0 Å². The summed E-state index contributed by atoms with van der Waals surface area (Å²) in [5, 5.41) is 0.000000000000000222. The molecule has 1 aromatic rings. The van der Waals surface area contributed by atoms with E-state index < -0.39 is 0 Å². The zero-order valence-corrected chi connectivity index (χ0v) is 12.7. The lowest BCUT2D eigenvalue weighted by Crippen LogP contribution is -2.36. The molecule has 0 N–H and O–H groups in total. The number of benzene rings is 1. The van der Waals surface area contributed by atoms with Gasteiger partial charge >= 0.3 is 0 Å². The fourth-order valence-corrected chi connectivity index (χ4v) is 1.46. The average molecular weight is 259 g/mol. The van der Waals surface area contributed by atoms with Crippen molar-refractivity contribution in [3.05, 3.63) is 30.3 Å². The van der Waals surface area contributed by atoms with Gasteiger partial charge in [0.2, 0.25) is 0 Å². The van der Waals surface area contributed by atoms with Gasteiger partial charge in [-0.05, 0) is 18.1 Å². The minimum absolute atomic E-state index is 0.000000000000000222. The molecule has 0 saturated carbocycles. The molecule has 1 aromatic carbocycles. The molecule has 19 heavy (non-hydrogen) atoms. The number of hydrogen-bond donors (Lipinski definition) is 0. The molecule has 0 unspecified atom stereocenters. The second-order valence-electron chi connectivity index (χ2n) is 5.91. The lowest BCUT2D eigenvalue weighted by Gasteiger charge is -2.28. The SMILES string of the molecule is [B]C(C)(C)C(C)C.c1ccc(N2CCOCC2)cc1. The van der Waals surface area contributed by atoms with Crippen LogP contribution in [-0.4, -0.2) is 34.1 Å². The third kappa shape index (κ3) is 6.15. The van der Waals surface area contributed by atoms with Gasteiger partial charge in [-0.25, -0.2) is 0 Å². The Kier molecular flexibility index (Phi) is 6.43. The van der Waals surface area contributed by atoms with Crippen molar-refractivity contribution < 1.29 is 4.74 Å². The third-order valence-electron chi connectivity index (χ3n) is 3.62. The van der Waals surface area contributed by atoms with E-state index in [4.69, 9.17) is 12.6 Å². The van der Waals surface area contributed by atoms with Gasteiger partial charge in [0.25, 0.3) is 0 Å². The summed E-state index contributed by atoms with van der Waals surface area (Å²) in [5.74, 6) is 0.576. The first-order valence-electron chi connectivity index (χ1n) is 7.08. The number of rotatable bonds is 2. The molecule has 104 valence electrons. The predicted octanol–water partition coefficient (Wildman–Crippen LogP) is 3.53. The van der Waals surface area contributed by atoms with Crippen LogP contribution in [0.15, 0.2) is 30.3 Å². The zero-order chi connectivity index (χ0) is 14.3. The average Bonchev–Trinajstić information content (AvgIpc) is 2.40. The molecule has 0 atom stereocenters. The molecular weight excluding hydrogens is 233 g/mol. The van der Waals surface area contributed by atoms with Crippen molar-refractivity contribution in [2.75, 3.05) is 31.2 Å². The van der Waals surface area contributed by atoms with Gasteiger partial charge in [0.15, 0.2) is 0 Å². The highest BCUT2D eigenvalue weighted by molar-refractivity contribution is 6.14. The maximum Gasteiger partial charge on any atom is 0.0742 e. The van der Waals surface area contributed by atoms with E-state index in [0.29, 0.717) is 5.92 Å². The predicted molar refractivity (Wildman–Crippen MR) is 84.1 cm³/mol. The summed E-state index contributed by atoms with van der Waals surface area (Å²) >= 11 is 0. The molecular formula is C16H26BNO. The second kappa shape index (κ2) is 7.59. The first-order valence-corrected chi connectivity index (χ1v) is 7.08. The number of ether oxygens (including phenoxy) is 1. The molecule has 1 aliphatic heterocycles. The van der Waals surface area contributed by atoms with Gasteiger partial charge in [0.1, 0.15) is 0 Å². The van der Waals surface area contributed by atoms with Gasteiger partial charge in [-0.3, -0.25) is 0 Å². The maximum atomic E-state index is 5.68. The van der Waals surface area contributed by atoms with Crippen LogP contribution < -0.4 is 4.90 Å². The van der Waals surface area contributed by atoms with E-state index in [9.17, 15) is 0 Å². The van der Waals surface area contributed by atoms with Crippen LogP contribution in [0.2, 0.25) is 5.31 Å². The molecule has 0 amide bonds. The van der Waals surface area contributed by atoms with Crippen molar-refractivity contribution in [3.63, 3.8) is 0 Å². The fraction of sp³-hybridized carbons (Fsp3) is 0.625. The number of hydrogen-bond acceptors (Lipinski definition) is 2. The van der Waals surface area contributed by atoms with Crippen molar-refractivity contribution in [1.82, 2.24) is 0 Å². The molecule has 1 fully saturated rings. The Labute approximate surface area is 119 Å². The summed E-state index contributed by atoms with van der Waals surface area (Å²) in [5.41, 5.74) is 1.31. The minimum atomic E-state index is 0.000000000000000222. The molecule has 0 bridgehead atoms. The van der Waals surface area contributed by atoms with E-state index in [1.807, 2.05) is 19.9 Å². The van der Waals surface area contributed by atoms with Crippen molar-refractivity contribution in [1.29, 1.82) is 0 Å². The van der Waals surface area contributed by atoms with Crippen LogP contribution in [-0.2, 0) is 4.74 Å². The summed E-state index contributed by atoms with van der Waals surface area (Å²) in [6.07, 6.45) is 0. The molecule has 0 aromatic heterocycles. The highest BCUT2D eigenvalue weighted by atomic mass is 16.5. The maximum absolute atomic E-state index is 5.68. The molecule has 1 saturated heterocycles. The third-order valence-corrected chi connectivity index (χ3v) is 3.62. The van der Waals surface area contributed by atoms with Crippen LogP contribution in [0, 0.1) is 5.92 Å². The van der Waals surface area contributed by atoms with Crippen molar-refractivity contribution in [2.24, 2.45) is 5.92 Å². The smallest absolute Gasteiger partial charge is 0.0742 e. The van der Waals surface area contributed by atoms with E-state index in [1.165, 1.54) is 5.69 Å². The molecule has 3 heteroatoms. The molecule has 2 rings (SSSR count). The van der Waals surface area contributed by atoms with E-state index in [1.54, 1.807) is 0 Å². The fourth-order valence-electron chi connectivity index (χ4n) is 1.46. The lowest BCUT2D eigenvalue weighted by atomic mass is 9.65. The van der Waals surface area contributed by atoms with Gasteiger partial charge in [-0.15, -0.1) is 0 Å². The van der Waals surface area contributed by atoms with E-state index in [0.717, 1.165) is 26.3 Å². The molecule has 0 spiro atoms. The quantitative estimate of drug-likeness (QED) is 0.753. The second-order valence-corrected chi connectivity index (χ2v) is 5.91. The number of nitrogens with zero attached hydrogens (tertiary/aromatic N) is 1. The summed E-state index contributed by atoms with van der Waals surface area (Å²) in [7, 11) is 5.68. The van der Waals surface area contributed by atoms with Gasteiger partial charge in [-0.2, -0.15) is 0 Å². The molecule has 2 radical (unpaired) electrons.